The van der Waals surface area contributed by atoms with Gasteiger partial charge in [0.25, 0.3) is 0 Å². The number of hydrogen-bond donors (Lipinski definition) is 3. The van der Waals surface area contributed by atoms with Crippen molar-refractivity contribution in [3.05, 3.63) is 59.2 Å². The van der Waals surface area contributed by atoms with Crippen molar-refractivity contribution in [3.63, 3.8) is 0 Å². The number of carbonyl (C=O) groups is 1. The second-order valence-corrected chi connectivity index (χ2v) is 9.49. The second-order valence-electron chi connectivity index (χ2n) is 9.49. The smallest absolute Gasteiger partial charge is 0.395 e. The molecule has 0 saturated carbocycles. The number of aromatic nitrogens is 3. The van der Waals surface area contributed by atoms with Gasteiger partial charge in [-0.15, -0.1) is 0 Å². The number of amides is 2. The normalized spacial score (nSPS) is 17.9. The van der Waals surface area contributed by atoms with Gasteiger partial charge in [-0.1, -0.05) is 19.1 Å². The van der Waals surface area contributed by atoms with Gasteiger partial charge in [-0.25, -0.2) is 14.2 Å². The minimum Gasteiger partial charge on any atom is -0.395 e. The molecule has 3 N–H and O–H groups in total. The van der Waals surface area contributed by atoms with E-state index < -0.39 is 46.7 Å². The SMILES string of the molecule is C[C@](CNc1cc(C(F)(F)F)nc2cc(C(F)(F)F)nn12)(c1ccc(F)cc1)[C@H]1CCN(C(=O)NCCO)C1. The molecule has 0 radical (unpaired) electrons. The maximum atomic E-state index is 13.7. The van der Waals surface area contributed by atoms with Crippen molar-refractivity contribution in [2.45, 2.75) is 31.1 Å². The van der Waals surface area contributed by atoms with Gasteiger partial charge >= 0.3 is 18.4 Å². The van der Waals surface area contributed by atoms with Crippen LogP contribution in [-0.2, 0) is 17.8 Å². The average Bonchev–Trinajstić information content (AvgIpc) is 3.53. The van der Waals surface area contributed by atoms with Crippen molar-refractivity contribution in [2.24, 2.45) is 5.92 Å². The van der Waals surface area contributed by atoms with Gasteiger partial charge in [-0.05, 0) is 30.0 Å². The van der Waals surface area contributed by atoms with E-state index >= 15 is 0 Å². The van der Waals surface area contributed by atoms with Crippen LogP contribution in [0.4, 0.5) is 41.3 Å². The molecule has 15 heteroatoms. The fraction of sp³-hybridized carbons (Fsp3) is 0.458. The fourth-order valence-electron chi connectivity index (χ4n) is 4.71. The fourth-order valence-corrected chi connectivity index (χ4v) is 4.71. The first kappa shape index (κ1) is 28.4. The van der Waals surface area contributed by atoms with Crippen LogP contribution < -0.4 is 10.6 Å². The van der Waals surface area contributed by atoms with Crippen molar-refractivity contribution in [1.82, 2.24) is 24.8 Å². The van der Waals surface area contributed by atoms with E-state index in [1.807, 2.05) is 0 Å². The Bertz CT molecular complexity index is 1330. The Morgan fingerprint density at radius 1 is 1.08 bits per heavy atom. The molecule has 3 aromatic rings. The Labute approximate surface area is 217 Å². The summed E-state index contributed by atoms with van der Waals surface area (Å²) in [6.45, 7) is 2.09. The molecule has 4 rings (SSSR count). The molecular weight excluding hydrogens is 537 g/mol. The average molecular weight is 562 g/mol. The summed E-state index contributed by atoms with van der Waals surface area (Å²) in [5.74, 6) is -1.14. The van der Waals surface area contributed by atoms with Gasteiger partial charge in [0.05, 0.1) is 6.61 Å². The number of urea groups is 1. The molecule has 3 heterocycles. The predicted molar refractivity (Wildman–Crippen MR) is 125 cm³/mol. The summed E-state index contributed by atoms with van der Waals surface area (Å²) in [5.41, 5.74) is -3.75. The van der Waals surface area contributed by atoms with Crippen molar-refractivity contribution in [1.29, 1.82) is 0 Å². The van der Waals surface area contributed by atoms with Gasteiger partial charge < -0.3 is 20.6 Å². The lowest BCUT2D eigenvalue weighted by Gasteiger charge is -2.37. The Hall–Kier alpha value is -3.62. The molecule has 0 aliphatic carbocycles. The van der Waals surface area contributed by atoms with E-state index in [0.29, 0.717) is 35.2 Å². The standard InChI is InChI=1S/C24H25F7N6O2/c1-22(14-2-4-16(25)5-3-14,15-6-8-36(12-15)21(39)32-7-9-38)13-33-19-10-17(23(26,27)28)34-20-11-18(24(29,30)31)35-37(19)20/h2-5,10-11,15,33,38H,6-9,12-13H2,1H3,(H,32,39)/t15-,22-/m0/s1. The molecule has 0 bridgehead atoms. The van der Waals surface area contributed by atoms with Gasteiger partial charge in [-0.2, -0.15) is 36.0 Å². The molecule has 2 aromatic heterocycles. The van der Waals surface area contributed by atoms with Crippen molar-refractivity contribution in [3.8, 4) is 0 Å². The van der Waals surface area contributed by atoms with Gasteiger partial charge in [0.2, 0.25) is 0 Å². The first-order valence-corrected chi connectivity index (χ1v) is 11.9. The number of nitrogens with one attached hydrogen (secondary N) is 2. The zero-order valence-corrected chi connectivity index (χ0v) is 20.6. The lowest BCUT2D eigenvalue weighted by atomic mass is 9.71. The van der Waals surface area contributed by atoms with Gasteiger partial charge in [0.1, 0.15) is 11.6 Å². The number of carbonyl (C=O) groups excluding carboxylic acids is 1. The van der Waals surface area contributed by atoms with Crippen LogP contribution in [-0.4, -0.2) is 63.4 Å². The van der Waals surface area contributed by atoms with E-state index in [1.165, 1.54) is 29.2 Å². The van der Waals surface area contributed by atoms with Crippen LogP contribution in [0.1, 0.15) is 30.3 Å². The Kier molecular flexibility index (Phi) is 7.65. The van der Waals surface area contributed by atoms with E-state index in [1.54, 1.807) is 6.92 Å². The summed E-state index contributed by atoms with van der Waals surface area (Å²) in [4.78, 5) is 17.3. The summed E-state index contributed by atoms with van der Waals surface area (Å²) < 4.78 is 94.8. The largest absolute Gasteiger partial charge is 0.435 e. The molecule has 1 aliphatic rings. The minimum atomic E-state index is -4.94. The van der Waals surface area contributed by atoms with Crippen LogP contribution in [0, 0.1) is 11.7 Å². The van der Waals surface area contributed by atoms with Crippen molar-refractivity contribution >= 4 is 17.5 Å². The van der Waals surface area contributed by atoms with E-state index in [9.17, 15) is 35.5 Å². The molecule has 1 aromatic carbocycles. The van der Waals surface area contributed by atoms with E-state index in [0.717, 1.165) is 0 Å². The molecule has 212 valence electrons. The second kappa shape index (κ2) is 10.5. The first-order chi connectivity index (χ1) is 18.2. The molecule has 0 spiro atoms. The molecule has 1 fully saturated rings. The number of aliphatic hydroxyl groups excluding tert-OH is 1. The molecule has 2 atom stereocenters. The molecule has 39 heavy (non-hydrogen) atoms. The Balaban J connectivity index is 1.70. The molecule has 1 saturated heterocycles. The number of likely N-dealkylation sites (tertiary alicyclic amines) is 1. The number of nitrogens with zero attached hydrogens (tertiary/aromatic N) is 4. The highest BCUT2D eigenvalue weighted by atomic mass is 19.4. The van der Waals surface area contributed by atoms with Crippen LogP contribution >= 0.6 is 0 Å². The van der Waals surface area contributed by atoms with Crippen LogP contribution in [0.5, 0.6) is 0 Å². The van der Waals surface area contributed by atoms with Crippen LogP contribution in [0.25, 0.3) is 5.65 Å². The lowest BCUT2D eigenvalue weighted by molar-refractivity contribution is -0.142. The number of benzene rings is 1. The predicted octanol–water partition coefficient (Wildman–Crippen LogP) is 4.30. The van der Waals surface area contributed by atoms with Gasteiger partial charge in [0, 0.05) is 43.7 Å². The van der Waals surface area contributed by atoms with Crippen molar-refractivity contribution in [2.75, 3.05) is 38.1 Å². The highest BCUT2D eigenvalue weighted by Gasteiger charge is 2.42. The van der Waals surface area contributed by atoms with Crippen molar-refractivity contribution < 1.29 is 40.6 Å². The third kappa shape index (κ3) is 6.02. The maximum Gasteiger partial charge on any atom is 0.435 e. The Morgan fingerprint density at radius 3 is 2.36 bits per heavy atom. The topological polar surface area (TPSA) is 94.8 Å². The molecular formula is C24H25F7N6O2. The maximum absolute atomic E-state index is 13.7. The molecule has 0 unspecified atom stereocenters. The van der Waals surface area contributed by atoms with Crippen LogP contribution in [0.2, 0.25) is 0 Å². The highest BCUT2D eigenvalue weighted by Crippen LogP contribution is 2.39. The van der Waals surface area contributed by atoms with E-state index in [4.69, 9.17) is 5.11 Å². The monoisotopic (exact) mass is 562 g/mol. The van der Waals surface area contributed by atoms with E-state index in [-0.39, 0.29) is 38.0 Å². The van der Waals surface area contributed by atoms with Crippen LogP contribution in [0.3, 0.4) is 0 Å². The quantitative estimate of drug-likeness (QED) is 0.374. The summed E-state index contributed by atoms with van der Waals surface area (Å²) in [6.07, 6.45) is -9.35. The Morgan fingerprint density at radius 2 is 1.74 bits per heavy atom. The summed E-state index contributed by atoms with van der Waals surface area (Å²) in [7, 11) is 0. The molecule has 8 nitrogen and oxygen atoms in total. The lowest BCUT2D eigenvalue weighted by Crippen LogP contribution is -2.43. The van der Waals surface area contributed by atoms with Gasteiger partial charge in [0.15, 0.2) is 17.0 Å². The number of aliphatic hydroxyl groups is 1. The molecule has 2 amide bonds. The number of fused-ring (bicyclic) bond motifs is 1. The molecule has 1 aliphatic heterocycles. The third-order valence-corrected chi connectivity index (χ3v) is 6.91. The zero-order valence-electron chi connectivity index (χ0n) is 20.6. The number of hydrogen-bond acceptors (Lipinski definition) is 5. The van der Waals surface area contributed by atoms with Crippen LogP contribution in [0.15, 0.2) is 36.4 Å². The number of halogens is 7. The number of alkyl halides is 6. The number of rotatable bonds is 7. The van der Waals surface area contributed by atoms with Gasteiger partial charge in [-0.3, -0.25) is 0 Å². The summed E-state index contributed by atoms with van der Waals surface area (Å²) >= 11 is 0. The first-order valence-electron chi connectivity index (χ1n) is 11.9. The summed E-state index contributed by atoms with van der Waals surface area (Å²) in [6, 6.07) is 6.10. The summed E-state index contributed by atoms with van der Waals surface area (Å²) in [5, 5.41) is 17.8. The van der Waals surface area contributed by atoms with E-state index in [2.05, 4.69) is 20.7 Å². The highest BCUT2D eigenvalue weighted by molar-refractivity contribution is 5.74. The number of anilines is 1. The third-order valence-electron chi connectivity index (χ3n) is 6.91. The zero-order chi connectivity index (χ0) is 28.6. The minimum absolute atomic E-state index is 0.0557.